The zero-order valence-corrected chi connectivity index (χ0v) is 10.1. The van der Waals surface area contributed by atoms with E-state index in [1.165, 1.54) is 6.42 Å². The molecule has 16 heavy (non-hydrogen) atoms. The summed E-state index contributed by atoms with van der Waals surface area (Å²) < 4.78 is 4.85. The van der Waals surface area contributed by atoms with Crippen molar-refractivity contribution >= 4 is 5.91 Å². The first-order valence-corrected chi connectivity index (χ1v) is 6.03. The number of carbonyl (C=O) groups is 1. The average molecular weight is 227 g/mol. The standard InChI is InChI=1S/C12H21NO3/c1-13(6-11(14)7-16-2)12(15)10-4-8-3-9(8)5-10/h8-11,14H,3-7H2,1-2H3. The third-order valence-corrected chi connectivity index (χ3v) is 3.81. The minimum absolute atomic E-state index is 0.197. The van der Waals surface area contributed by atoms with Crippen LogP contribution in [0.15, 0.2) is 0 Å². The Labute approximate surface area is 96.6 Å². The van der Waals surface area contributed by atoms with Crippen LogP contribution in [0.1, 0.15) is 19.3 Å². The minimum Gasteiger partial charge on any atom is -0.389 e. The molecule has 0 aliphatic heterocycles. The quantitative estimate of drug-likeness (QED) is 0.744. The van der Waals surface area contributed by atoms with Gasteiger partial charge >= 0.3 is 0 Å². The van der Waals surface area contributed by atoms with E-state index >= 15 is 0 Å². The maximum absolute atomic E-state index is 12.0. The molecule has 2 saturated carbocycles. The Morgan fingerprint density at radius 1 is 1.44 bits per heavy atom. The highest BCUT2D eigenvalue weighted by molar-refractivity contribution is 5.79. The number of likely N-dealkylation sites (N-methyl/N-ethyl adjacent to an activating group) is 1. The number of nitrogens with zero attached hydrogens (tertiary/aromatic N) is 1. The lowest BCUT2D eigenvalue weighted by Crippen LogP contribution is -2.39. The number of aliphatic hydroxyl groups excluding tert-OH is 1. The van der Waals surface area contributed by atoms with E-state index in [0.717, 1.165) is 24.7 Å². The van der Waals surface area contributed by atoms with Gasteiger partial charge in [0.25, 0.3) is 0 Å². The first-order valence-electron chi connectivity index (χ1n) is 6.03. The molecule has 0 bridgehead atoms. The molecule has 2 aliphatic carbocycles. The van der Waals surface area contributed by atoms with Gasteiger partial charge in [-0.25, -0.2) is 0 Å². The molecular formula is C12H21NO3. The highest BCUT2D eigenvalue weighted by atomic mass is 16.5. The molecule has 0 aromatic rings. The lowest BCUT2D eigenvalue weighted by molar-refractivity contribution is -0.136. The molecule has 2 fully saturated rings. The summed E-state index contributed by atoms with van der Waals surface area (Å²) in [6, 6.07) is 0. The summed E-state index contributed by atoms with van der Waals surface area (Å²) in [5, 5.41) is 9.55. The molecule has 0 saturated heterocycles. The van der Waals surface area contributed by atoms with E-state index < -0.39 is 6.10 Å². The maximum Gasteiger partial charge on any atom is 0.225 e. The number of hydrogen-bond donors (Lipinski definition) is 1. The van der Waals surface area contributed by atoms with Gasteiger partial charge in [0.1, 0.15) is 0 Å². The maximum atomic E-state index is 12.0. The Bertz CT molecular complexity index is 259. The van der Waals surface area contributed by atoms with Crippen molar-refractivity contribution in [2.75, 3.05) is 27.3 Å². The van der Waals surface area contributed by atoms with E-state index in [9.17, 15) is 9.90 Å². The van der Waals surface area contributed by atoms with E-state index in [-0.39, 0.29) is 18.4 Å². The molecule has 4 nitrogen and oxygen atoms in total. The summed E-state index contributed by atoms with van der Waals surface area (Å²) in [5.74, 6) is 2.06. The summed E-state index contributed by atoms with van der Waals surface area (Å²) in [6.07, 6.45) is 2.89. The molecule has 0 aromatic heterocycles. The van der Waals surface area contributed by atoms with Gasteiger partial charge in [0.2, 0.25) is 5.91 Å². The molecule has 1 amide bonds. The predicted molar refractivity (Wildman–Crippen MR) is 59.8 cm³/mol. The molecule has 92 valence electrons. The SMILES string of the molecule is COCC(O)CN(C)C(=O)C1CC2CC2C1. The lowest BCUT2D eigenvalue weighted by Gasteiger charge is -2.24. The first kappa shape index (κ1) is 11.9. The Kier molecular flexibility index (Phi) is 3.50. The number of ether oxygens (including phenoxy) is 1. The summed E-state index contributed by atoms with van der Waals surface area (Å²) >= 11 is 0. The highest BCUT2D eigenvalue weighted by Crippen LogP contribution is 2.54. The Morgan fingerprint density at radius 2 is 2.06 bits per heavy atom. The van der Waals surface area contributed by atoms with Crippen LogP contribution >= 0.6 is 0 Å². The van der Waals surface area contributed by atoms with Crippen molar-refractivity contribution in [3.8, 4) is 0 Å². The number of fused-ring (bicyclic) bond motifs is 1. The van der Waals surface area contributed by atoms with Crippen LogP contribution in [0.5, 0.6) is 0 Å². The molecule has 0 spiro atoms. The summed E-state index contributed by atoms with van der Waals surface area (Å²) in [6.45, 7) is 0.659. The predicted octanol–water partition coefficient (Wildman–Crippen LogP) is 0.498. The van der Waals surface area contributed by atoms with Gasteiger partial charge in [0.05, 0.1) is 12.7 Å². The molecule has 3 atom stereocenters. The van der Waals surface area contributed by atoms with Gasteiger partial charge in [-0.1, -0.05) is 0 Å². The number of aliphatic hydroxyl groups is 1. The molecule has 0 radical (unpaired) electrons. The average Bonchev–Trinajstić information content (AvgIpc) is 2.85. The molecule has 3 unspecified atom stereocenters. The Balaban J connectivity index is 1.75. The Hall–Kier alpha value is -0.610. The second-order valence-corrected chi connectivity index (χ2v) is 5.25. The second kappa shape index (κ2) is 4.72. The van der Waals surface area contributed by atoms with Crippen molar-refractivity contribution in [2.24, 2.45) is 17.8 Å². The van der Waals surface area contributed by atoms with Crippen LogP contribution in [0.2, 0.25) is 0 Å². The molecule has 2 aliphatic rings. The van der Waals surface area contributed by atoms with Crippen LogP contribution in [-0.4, -0.2) is 49.3 Å². The third-order valence-electron chi connectivity index (χ3n) is 3.81. The lowest BCUT2D eigenvalue weighted by atomic mass is 10.0. The topological polar surface area (TPSA) is 49.8 Å². The van der Waals surface area contributed by atoms with Crippen LogP contribution in [0.25, 0.3) is 0 Å². The molecule has 0 heterocycles. The normalized spacial score (nSPS) is 33.3. The third kappa shape index (κ3) is 2.55. The van der Waals surface area contributed by atoms with Crippen LogP contribution in [0.4, 0.5) is 0 Å². The van der Waals surface area contributed by atoms with Crippen molar-refractivity contribution < 1.29 is 14.6 Å². The van der Waals surface area contributed by atoms with E-state index in [1.54, 1.807) is 19.1 Å². The minimum atomic E-state index is -0.574. The second-order valence-electron chi connectivity index (χ2n) is 5.25. The van der Waals surface area contributed by atoms with Crippen molar-refractivity contribution in [3.05, 3.63) is 0 Å². The fourth-order valence-electron chi connectivity index (χ4n) is 2.88. The zero-order chi connectivity index (χ0) is 11.7. The molecular weight excluding hydrogens is 206 g/mol. The summed E-state index contributed by atoms with van der Waals surface area (Å²) in [5.41, 5.74) is 0. The number of amides is 1. The van der Waals surface area contributed by atoms with E-state index in [2.05, 4.69) is 0 Å². The van der Waals surface area contributed by atoms with E-state index in [1.807, 2.05) is 0 Å². The number of methoxy groups -OCH3 is 1. The fourth-order valence-corrected chi connectivity index (χ4v) is 2.88. The van der Waals surface area contributed by atoms with Crippen LogP contribution in [0, 0.1) is 17.8 Å². The van der Waals surface area contributed by atoms with Gasteiger partial charge in [-0.3, -0.25) is 4.79 Å². The van der Waals surface area contributed by atoms with Crippen LogP contribution < -0.4 is 0 Å². The fraction of sp³-hybridized carbons (Fsp3) is 0.917. The van der Waals surface area contributed by atoms with Gasteiger partial charge in [-0.15, -0.1) is 0 Å². The first-order chi connectivity index (χ1) is 7.61. The van der Waals surface area contributed by atoms with Crippen molar-refractivity contribution in [3.63, 3.8) is 0 Å². The molecule has 0 aromatic carbocycles. The van der Waals surface area contributed by atoms with Gasteiger partial charge in [-0.2, -0.15) is 0 Å². The van der Waals surface area contributed by atoms with Crippen LogP contribution in [-0.2, 0) is 9.53 Å². The monoisotopic (exact) mass is 227 g/mol. The van der Waals surface area contributed by atoms with Gasteiger partial charge in [0, 0.05) is 26.6 Å². The van der Waals surface area contributed by atoms with Gasteiger partial charge in [0.15, 0.2) is 0 Å². The number of hydrogen-bond acceptors (Lipinski definition) is 3. The van der Waals surface area contributed by atoms with Gasteiger partial charge in [-0.05, 0) is 31.1 Å². The molecule has 4 heteroatoms. The van der Waals surface area contributed by atoms with E-state index in [4.69, 9.17) is 4.74 Å². The highest BCUT2D eigenvalue weighted by Gasteiger charge is 2.48. The largest absolute Gasteiger partial charge is 0.389 e. The van der Waals surface area contributed by atoms with Crippen LogP contribution in [0.3, 0.4) is 0 Å². The van der Waals surface area contributed by atoms with Crippen molar-refractivity contribution in [2.45, 2.75) is 25.4 Å². The van der Waals surface area contributed by atoms with Crippen molar-refractivity contribution in [1.29, 1.82) is 0 Å². The molecule has 2 rings (SSSR count). The van der Waals surface area contributed by atoms with Crippen molar-refractivity contribution in [1.82, 2.24) is 4.90 Å². The smallest absolute Gasteiger partial charge is 0.225 e. The zero-order valence-electron chi connectivity index (χ0n) is 10.1. The Morgan fingerprint density at radius 3 is 2.62 bits per heavy atom. The number of rotatable bonds is 5. The molecule has 1 N–H and O–H groups in total. The summed E-state index contributed by atoms with van der Waals surface area (Å²) in [7, 11) is 3.32. The van der Waals surface area contributed by atoms with Gasteiger partial charge < -0.3 is 14.7 Å². The number of carbonyl (C=O) groups excluding carboxylic acids is 1. The van der Waals surface area contributed by atoms with E-state index in [0.29, 0.717) is 6.54 Å². The summed E-state index contributed by atoms with van der Waals surface area (Å²) in [4.78, 5) is 13.7.